The smallest absolute Gasteiger partial charge is 0.353 e. The van der Waals surface area contributed by atoms with Gasteiger partial charge in [0.15, 0.2) is 0 Å². The molecule has 0 aliphatic rings. The molecule has 4 rings (SSSR count). The number of benzene rings is 2. The summed E-state index contributed by atoms with van der Waals surface area (Å²) in [7, 11) is 0. The van der Waals surface area contributed by atoms with Crippen molar-refractivity contribution in [1.82, 2.24) is 9.97 Å². The van der Waals surface area contributed by atoms with Crippen LogP contribution in [0.25, 0.3) is 22.3 Å². The molecule has 0 atom stereocenters. The van der Waals surface area contributed by atoms with Gasteiger partial charge in [0.1, 0.15) is 16.5 Å². The molecule has 0 unspecified atom stereocenters. The molecule has 0 fully saturated rings. The lowest BCUT2D eigenvalue weighted by atomic mass is 10.2. The largest absolute Gasteiger partial charge is 0.422 e. The summed E-state index contributed by atoms with van der Waals surface area (Å²) in [4.78, 5) is 32.1. The summed E-state index contributed by atoms with van der Waals surface area (Å²) in [6, 6.07) is 17.6. The number of fused-ring (bicyclic) bond motifs is 1. The zero-order chi connectivity index (χ0) is 17.2. The Labute approximate surface area is 146 Å². The van der Waals surface area contributed by atoms with Gasteiger partial charge >= 0.3 is 5.97 Å². The third kappa shape index (κ3) is 3.07. The van der Waals surface area contributed by atoms with Crippen LogP contribution in [0.3, 0.4) is 0 Å². The van der Waals surface area contributed by atoms with Crippen molar-refractivity contribution in [3.05, 3.63) is 81.3 Å². The maximum absolute atomic E-state index is 12.2. The van der Waals surface area contributed by atoms with E-state index < -0.39 is 5.97 Å². The first kappa shape index (κ1) is 15.3. The van der Waals surface area contributed by atoms with Crippen molar-refractivity contribution in [2.75, 3.05) is 0 Å². The van der Waals surface area contributed by atoms with Crippen molar-refractivity contribution in [3.63, 3.8) is 0 Å². The number of esters is 1. The molecule has 0 bridgehead atoms. The molecule has 0 radical (unpaired) electrons. The van der Waals surface area contributed by atoms with Crippen molar-refractivity contribution in [3.8, 4) is 17.1 Å². The van der Waals surface area contributed by atoms with E-state index in [2.05, 4.69) is 9.97 Å². The first-order chi connectivity index (χ1) is 12.2. The summed E-state index contributed by atoms with van der Waals surface area (Å²) >= 11 is 1.32. The second-order valence-corrected chi connectivity index (χ2v) is 6.27. The van der Waals surface area contributed by atoms with Crippen molar-refractivity contribution < 1.29 is 9.53 Å². The first-order valence-electron chi connectivity index (χ1n) is 7.56. The summed E-state index contributed by atoms with van der Waals surface area (Å²) in [6.45, 7) is 0. The van der Waals surface area contributed by atoms with Crippen LogP contribution in [0.1, 0.15) is 9.67 Å². The lowest BCUT2D eigenvalue weighted by Crippen LogP contribution is -2.09. The van der Waals surface area contributed by atoms with Crippen molar-refractivity contribution in [2.45, 2.75) is 0 Å². The fraction of sp³-hybridized carbons (Fsp3) is 0. The molecular formula is C19H12N2O3S. The van der Waals surface area contributed by atoms with Crippen molar-refractivity contribution in [1.29, 1.82) is 0 Å². The molecule has 4 aromatic rings. The fourth-order valence-corrected chi connectivity index (χ4v) is 3.08. The monoisotopic (exact) mass is 348 g/mol. The highest BCUT2D eigenvalue weighted by molar-refractivity contribution is 7.12. The van der Waals surface area contributed by atoms with E-state index in [9.17, 15) is 9.59 Å². The lowest BCUT2D eigenvalue weighted by molar-refractivity contribution is 0.0740. The Morgan fingerprint density at radius 1 is 1.04 bits per heavy atom. The predicted octanol–water partition coefficient (Wildman–Crippen LogP) is 3.87. The Morgan fingerprint density at radius 2 is 1.92 bits per heavy atom. The molecule has 0 spiro atoms. The standard InChI is InChI=1S/C19H12N2O3S/c22-18-14-7-1-2-8-15(14)20-17(21-18)12-5-3-6-13(11-12)24-19(23)16-9-4-10-25-16/h1-11H,(H,20,21,22). The zero-order valence-corrected chi connectivity index (χ0v) is 13.7. The molecular weight excluding hydrogens is 336 g/mol. The number of thiophene rings is 1. The van der Waals surface area contributed by atoms with Crippen LogP contribution in [0.4, 0.5) is 0 Å². The van der Waals surface area contributed by atoms with Crippen molar-refractivity contribution >= 4 is 28.2 Å². The molecule has 122 valence electrons. The summed E-state index contributed by atoms with van der Waals surface area (Å²) in [6.07, 6.45) is 0. The maximum Gasteiger partial charge on any atom is 0.353 e. The topological polar surface area (TPSA) is 72.0 Å². The molecule has 0 aliphatic heterocycles. The second-order valence-electron chi connectivity index (χ2n) is 5.33. The predicted molar refractivity (Wildman–Crippen MR) is 97.1 cm³/mol. The highest BCUT2D eigenvalue weighted by Gasteiger charge is 2.11. The minimum atomic E-state index is -0.410. The van der Waals surface area contributed by atoms with Crippen LogP contribution in [0.5, 0.6) is 5.75 Å². The number of nitrogens with zero attached hydrogens (tertiary/aromatic N) is 1. The van der Waals surface area contributed by atoms with E-state index in [4.69, 9.17) is 4.74 Å². The fourth-order valence-electron chi connectivity index (χ4n) is 2.48. The van der Waals surface area contributed by atoms with Gasteiger partial charge in [-0.15, -0.1) is 11.3 Å². The Hall–Kier alpha value is -3.25. The first-order valence-corrected chi connectivity index (χ1v) is 8.44. The van der Waals surface area contributed by atoms with Gasteiger partial charge in [-0.2, -0.15) is 0 Å². The van der Waals surface area contributed by atoms with E-state index in [1.807, 2.05) is 11.4 Å². The third-order valence-corrected chi connectivity index (χ3v) is 4.50. The van der Waals surface area contributed by atoms with Crippen LogP contribution >= 0.6 is 11.3 Å². The van der Waals surface area contributed by atoms with Crippen LogP contribution in [-0.4, -0.2) is 15.9 Å². The van der Waals surface area contributed by atoms with Gasteiger partial charge in [-0.05, 0) is 35.7 Å². The number of rotatable bonds is 3. The van der Waals surface area contributed by atoms with Crippen LogP contribution in [0.2, 0.25) is 0 Å². The summed E-state index contributed by atoms with van der Waals surface area (Å²) in [5, 5.41) is 2.35. The quantitative estimate of drug-likeness (QED) is 0.451. The number of H-pyrrole nitrogens is 1. The number of carbonyl (C=O) groups excluding carboxylic acids is 1. The van der Waals surface area contributed by atoms with Gasteiger partial charge in [0.05, 0.1) is 10.9 Å². The number of carbonyl (C=O) groups is 1. The molecule has 1 N–H and O–H groups in total. The lowest BCUT2D eigenvalue weighted by Gasteiger charge is -2.06. The average Bonchev–Trinajstić information content (AvgIpc) is 3.17. The molecule has 2 heterocycles. The molecule has 0 amide bonds. The molecule has 2 aromatic carbocycles. The summed E-state index contributed by atoms with van der Waals surface area (Å²) < 4.78 is 5.39. The Bertz CT molecular complexity index is 1120. The van der Waals surface area contributed by atoms with E-state index in [1.54, 1.807) is 54.6 Å². The van der Waals surface area contributed by atoms with Gasteiger partial charge < -0.3 is 9.72 Å². The molecule has 6 heteroatoms. The Kier molecular flexibility index (Phi) is 3.87. The van der Waals surface area contributed by atoms with Crippen LogP contribution in [-0.2, 0) is 0 Å². The highest BCUT2D eigenvalue weighted by atomic mass is 32.1. The normalized spacial score (nSPS) is 10.7. The zero-order valence-electron chi connectivity index (χ0n) is 12.9. The number of aromatic nitrogens is 2. The molecule has 0 saturated heterocycles. The Morgan fingerprint density at radius 3 is 2.76 bits per heavy atom. The number of hydrogen-bond donors (Lipinski definition) is 1. The minimum absolute atomic E-state index is 0.207. The molecule has 0 aliphatic carbocycles. The number of aromatic amines is 1. The van der Waals surface area contributed by atoms with E-state index in [0.717, 1.165) is 0 Å². The van der Waals surface area contributed by atoms with Gasteiger partial charge in [0.2, 0.25) is 0 Å². The molecule has 0 saturated carbocycles. The Balaban J connectivity index is 1.70. The number of hydrogen-bond acceptors (Lipinski definition) is 5. The van der Waals surface area contributed by atoms with Gasteiger partial charge in [-0.1, -0.05) is 30.3 Å². The van der Waals surface area contributed by atoms with E-state index in [1.165, 1.54) is 11.3 Å². The summed E-state index contributed by atoms with van der Waals surface area (Å²) in [5.41, 5.74) is 1.07. The maximum atomic E-state index is 12.2. The van der Waals surface area contributed by atoms with Gasteiger partial charge in [-0.3, -0.25) is 4.79 Å². The minimum Gasteiger partial charge on any atom is -0.422 e. The van der Waals surface area contributed by atoms with Gasteiger partial charge in [-0.25, -0.2) is 9.78 Å². The van der Waals surface area contributed by atoms with E-state index in [-0.39, 0.29) is 5.56 Å². The number of nitrogens with one attached hydrogen (secondary N) is 1. The number of ether oxygens (including phenoxy) is 1. The van der Waals surface area contributed by atoms with Crippen LogP contribution in [0, 0.1) is 0 Å². The summed E-state index contributed by atoms with van der Waals surface area (Å²) in [5.74, 6) is 0.413. The van der Waals surface area contributed by atoms with Gasteiger partial charge in [0.25, 0.3) is 5.56 Å². The second kappa shape index (κ2) is 6.33. The molecule has 2 aromatic heterocycles. The highest BCUT2D eigenvalue weighted by Crippen LogP contribution is 2.23. The molecule has 25 heavy (non-hydrogen) atoms. The SMILES string of the molecule is O=C(Oc1cccc(-c2nc3ccccc3c(=O)[nH]2)c1)c1cccs1. The van der Waals surface area contributed by atoms with E-state index >= 15 is 0 Å². The van der Waals surface area contributed by atoms with Gasteiger partial charge in [0, 0.05) is 5.56 Å². The number of para-hydroxylation sites is 1. The van der Waals surface area contributed by atoms with Crippen molar-refractivity contribution in [2.24, 2.45) is 0 Å². The molecule has 5 nitrogen and oxygen atoms in total. The van der Waals surface area contributed by atoms with Crippen LogP contribution < -0.4 is 10.3 Å². The van der Waals surface area contributed by atoms with E-state index in [0.29, 0.717) is 32.9 Å². The van der Waals surface area contributed by atoms with Crippen LogP contribution in [0.15, 0.2) is 70.8 Å². The average molecular weight is 348 g/mol. The third-order valence-electron chi connectivity index (χ3n) is 3.65.